The van der Waals surface area contributed by atoms with Crippen molar-refractivity contribution in [1.82, 2.24) is 15.1 Å². The second-order valence-corrected chi connectivity index (χ2v) is 6.99. The van der Waals surface area contributed by atoms with Crippen LogP contribution in [0.2, 0.25) is 0 Å². The van der Waals surface area contributed by atoms with E-state index in [2.05, 4.69) is 15.3 Å². The molecule has 1 aromatic heterocycles. The van der Waals surface area contributed by atoms with Gasteiger partial charge in [0, 0.05) is 55.7 Å². The van der Waals surface area contributed by atoms with Gasteiger partial charge in [-0.3, -0.25) is 4.68 Å². The van der Waals surface area contributed by atoms with Crippen LogP contribution in [-0.2, 0) is 6.54 Å². The van der Waals surface area contributed by atoms with Crippen molar-refractivity contribution < 1.29 is 4.39 Å². The number of hydrogen-bond acceptors (Lipinski definition) is 3. The molecule has 1 aliphatic carbocycles. The zero-order valence-corrected chi connectivity index (χ0v) is 13.3. The first kappa shape index (κ1) is 14.7. The molecule has 1 saturated carbocycles. The number of halogens is 1. The monoisotopic (exact) mass is 314 g/mol. The summed E-state index contributed by atoms with van der Waals surface area (Å²) < 4.78 is 15.1. The molecule has 4 nitrogen and oxygen atoms in total. The molecule has 1 aliphatic heterocycles. The fourth-order valence-corrected chi connectivity index (χ4v) is 3.48. The Bertz CT molecular complexity index is 634. The van der Waals surface area contributed by atoms with Gasteiger partial charge in [-0.05, 0) is 49.6 Å². The van der Waals surface area contributed by atoms with E-state index in [9.17, 15) is 4.39 Å². The van der Waals surface area contributed by atoms with Crippen molar-refractivity contribution in [2.75, 3.05) is 24.5 Å². The van der Waals surface area contributed by atoms with Crippen LogP contribution in [0, 0.1) is 11.2 Å². The first-order chi connectivity index (χ1) is 11.2. The average Bonchev–Trinajstić information content (AvgIpc) is 2.96. The third-order valence-electron chi connectivity index (χ3n) is 5.16. The van der Waals surface area contributed by atoms with Gasteiger partial charge in [0.05, 0.1) is 0 Å². The molecular weight excluding hydrogens is 291 g/mol. The molecule has 4 rings (SSSR count). The average molecular weight is 314 g/mol. The number of rotatable bonds is 6. The smallest absolute Gasteiger partial charge is 0.123 e. The first-order valence-corrected chi connectivity index (χ1v) is 8.44. The van der Waals surface area contributed by atoms with Crippen molar-refractivity contribution in [2.45, 2.75) is 31.8 Å². The van der Waals surface area contributed by atoms with Gasteiger partial charge in [-0.2, -0.15) is 5.10 Å². The van der Waals surface area contributed by atoms with Crippen LogP contribution >= 0.6 is 0 Å². The topological polar surface area (TPSA) is 33.1 Å². The summed E-state index contributed by atoms with van der Waals surface area (Å²) in [6.07, 6.45) is 7.62. The van der Waals surface area contributed by atoms with E-state index in [0.717, 1.165) is 38.3 Å². The Morgan fingerprint density at radius 1 is 1.26 bits per heavy atom. The van der Waals surface area contributed by atoms with Gasteiger partial charge in [0.15, 0.2) is 0 Å². The highest BCUT2D eigenvalue weighted by Crippen LogP contribution is 2.46. The highest BCUT2D eigenvalue weighted by molar-refractivity contribution is 5.47. The first-order valence-electron chi connectivity index (χ1n) is 8.44. The lowest BCUT2D eigenvalue weighted by Crippen LogP contribution is -2.37. The van der Waals surface area contributed by atoms with Crippen LogP contribution in [0.3, 0.4) is 0 Å². The van der Waals surface area contributed by atoms with Crippen LogP contribution in [0.5, 0.6) is 0 Å². The molecule has 0 amide bonds. The normalized spacial score (nSPS) is 22.5. The van der Waals surface area contributed by atoms with Crippen LogP contribution in [0.15, 0.2) is 42.7 Å². The summed E-state index contributed by atoms with van der Waals surface area (Å²) in [6.45, 7) is 4.12. The highest BCUT2D eigenvalue weighted by Gasteiger charge is 2.43. The lowest BCUT2D eigenvalue weighted by molar-refractivity contribution is 0.356. The molecule has 1 atom stereocenters. The van der Waals surface area contributed by atoms with E-state index in [4.69, 9.17) is 0 Å². The van der Waals surface area contributed by atoms with Crippen LogP contribution in [0.25, 0.3) is 0 Å². The van der Waals surface area contributed by atoms with Crippen molar-refractivity contribution in [2.24, 2.45) is 5.41 Å². The maximum Gasteiger partial charge on any atom is 0.123 e. The standard InChI is InChI=1S/C18H23FN4/c19-15-2-4-17(5-3-15)22-11-6-16(12-22)20-13-18(7-8-18)14-23-10-1-9-21-23/h1-5,9-10,16,20H,6-8,11-14H2/t16-/m1/s1. The molecule has 2 fully saturated rings. The molecule has 122 valence electrons. The molecule has 23 heavy (non-hydrogen) atoms. The number of benzene rings is 1. The Morgan fingerprint density at radius 3 is 2.78 bits per heavy atom. The summed E-state index contributed by atoms with van der Waals surface area (Å²) in [4.78, 5) is 2.34. The number of nitrogens with one attached hydrogen (secondary N) is 1. The fourth-order valence-electron chi connectivity index (χ4n) is 3.48. The van der Waals surface area contributed by atoms with Gasteiger partial charge in [-0.15, -0.1) is 0 Å². The second kappa shape index (κ2) is 5.96. The second-order valence-electron chi connectivity index (χ2n) is 6.99. The SMILES string of the molecule is Fc1ccc(N2CC[C@@H](NCC3(Cn4cccn4)CC3)C2)cc1. The summed E-state index contributed by atoms with van der Waals surface area (Å²) in [5, 5.41) is 8.08. The van der Waals surface area contributed by atoms with Gasteiger partial charge in [-0.1, -0.05) is 0 Å². The number of nitrogens with zero attached hydrogens (tertiary/aromatic N) is 3. The summed E-state index contributed by atoms with van der Waals surface area (Å²) in [5.74, 6) is -0.170. The molecule has 0 spiro atoms. The summed E-state index contributed by atoms with van der Waals surface area (Å²) in [7, 11) is 0. The Kier molecular flexibility index (Phi) is 3.81. The quantitative estimate of drug-likeness (QED) is 0.890. The van der Waals surface area contributed by atoms with E-state index in [1.54, 1.807) is 12.1 Å². The minimum atomic E-state index is -0.170. The highest BCUT2D eigenvalue weighted by atomic mass is 19.1. The van der Waals surface area contributed by atoms with Crippen LogP contribution in [0.4, 0.5) is 10.1 Å². The van der Waals surface area contributed by atoms with Gasteiger partial charge in [0.2, 0.25) is 0 Å². The molecular formula is C18H23FN4. The lowest BCUT2D eigenvalue weighted by Gasteiger charge is -2.21. The van der Waals surface area contributed by atoms with E-state index in [0.29, 0.717) is 11.5 Å². The summed E-state index contributed by atoms with van der Waals surface area (Å²) in [6, 6.07) is 9.34. The third-order valence-corrected chi connectivity index (χ3v) is 5.16. The van der Waals surface area contributed by atoms with Crippen molar-refractivity contribution in [3.63, 3.8) is 0 Å². The third kappa shape index (κ3) is 3.39. The zero-order valence-electron chi connectivity index (χ0n) is 13.3. The van der Waals surface area contributed by atoms with Crippen LogP contribution in [0.1, 0.15) is 19.3 Å². The molecule has 0 unspecified atom stereocenters. The Labute approximate surface area is 136 Å². The van der Waals surface area contributed by atoms with Gasteiger partial charge < -0.3 is 10.2 Å². The molecule has 2 heterocycles. The predicted octanol–water partition coefficient (Wildman–Crippen LogP) is 2.67. The molecule has 1 N–H and O–H groups in total. The van der Waals surface area contributed by atoms with Crippen LogP contribution < -0.4 is 10.2 Å². The molecule has 1 saturated heterocycles. The van der Waals surface area contributed by atoms with E-state index < -0.39 is 0 Å². The maximum atomic E-state index is 13.0. The zero-order chi connectivity index (χ0) is 15.7. The number of anilines is 1. The van der Waals surface area contributed by atoms with Crippen molar-refractivity contribution >= 4 is 5.69 Å². The van der Waals surface area contributed by atoms with Crippen molar-refractivity contribution in [3.8, 4) is 0 Å². The Balaban J connectivity index is 1.28. The maximum absolute atomic E-state index is 13.0. The minimum Gasteiger partial charge on any atom is -0.370 e. The summed E-state index contributed by atoms with van der Waals surface area (Å²) in [5.41, 5.74) is 1.52. The predicted molar refractivity (Wildman–Crippen MR) is 88.9 cm³/mol. The Hall–Kier alpha value is -1.88. The largest absolute Gasteiger partial charge is 0.370 e. The van der Waals surface area contributed by atoms with E-state index in [1.807, 2.05) is 35.3 Å². The van der Waals surface area contributed by atoms with Crippen molar-refractivity contribution in [3.05, 3.63) is 48.5 Å². The minimum absolute atomic E-state index is 0.170. The molecule has 5 heteroatoms. The van der Waals surface area contributed by atoms with Crippen molar-refractivity contribution in [1.29, 1.82) is 0 Å². The van der Waals surface area contributed by atoms with Gasteiger partial charge in [-0.25, -0.2) is 4.39 Å². The van der Waals surface area contributed by atoms with Gasteiger partial charge in [0.25, 0.3) is 0 Å². The molecule has 0 bridgehead atoms. The summed E-state index contributed by atoms with van der Waals surface area (Å²) >= 11 is 0. The van der Waals surface area contributed by atoms with Gasteiger partial charge in [0.1, 0.15) is 5.82 Å². The Morgan fingerprint density at radius 2 is 2.09 bits per heavy atom. The number of hydrogen-bond donors (Lipinski definition) is 1. The van der Waals surface area contributed by atoms with Crippen LogP contribution in [-0.4, -0.2) is 35.5 Å². The lowest BCUT2D eigenvalue weighted by atomic mass is 10.1. The fraction of sp³-hybridized carbons (Fsp3) is 0.500. The number of aromatic nitrogens is 2. The molecule has 0 radical (unpaired) electrons. The molecule has 2 aliphatic rings. The van der Waals surface area contributed by atoms with E-state index in [-0.39, 0.29) is 5.82 Å². The molecule has 2 aromatic rings. The van der Waals surface area contributed by atoms with E-state index >= 15 is 0 Å². The van der Waals surface area contributed by atoms with Gasteiger partial charge >= 0.3 is 0 Å². The van der Waals surface area contributed by atoms with E-state index in [1.165, 1.54) is 12.8 Å². The molecule has 1 aromatic carbocycles.